The fourth-order valence-electron chi connectivity index (χ4n) is 7.47. The van der Waals surface area contributed by atoms with E-state index in [4.69, 9.17) is 28.4 Å². The third kappa shape index (κ3) is 27.4. The average Bonchev–Trinajstić information content (AvgIpc) is 3.33. The van der Waals surface area contributed by atoms with Gasteiger partial charge in [-0.3, -0.25) is 9.59 Å². The molecule has 2 saturated heterocycles. The van der Waals surface area contributed by atoms with Crippen LogP contribution in [0.15, 0.2) is 72.9 Å². The van der Waals surface area contributed by atoms with Crippen molar-refractivity contribution in [1.82, 2.24) is 0 Å². The summed E-state index contributed by atoms with van der Waals surface area (Å²) in [5.74, 6) is -0.977. The lowest BCUT2D eigenvalue weighted by Gasteiger charge is -2.42. The van der Waals surface area contributed by atoms with Crippen LogP contribution in [0.4, 0.5) is 0 Å². The maximum Gasteiger partial charge on any atom is 0.306 e. The van der Waals surface area contributed by atoms with Crippen LogP contribution >= 0.6 is 0 Å². The summed E-state index contributed by atoms with van der Waals surface area (Å²) in [6.07, 6.45) is 29.2. The fourth-order valence-corrected chi connectivity index (χ4v) is 7.47. The van der Waals surface area contributed by atoms with Crippen molar-refractivity contribution in [1.29, 1.82) is 0 Å². The number of aliphatic hydroxyl groups excluding tert-OH is 7. The van der Waals surface area contributed by atoms with Crippen molar-refractivity contribution in [2.24, 2.45) is 0 Å². The molecule has 2 aliphatic rings. The van der Waals surface area contributed by atoms with E-state index in [9.17, 15) is 45.3 Å². The second-order valence-corrected chi connectivity index (χ2v) is 17.6. The summed E-state index contributed by atoms with van der Waals surface area (Å²) in [6, 6.07) is 0. The van der Waals surface area contributed by atoms with Gasteiger partial charge in [-0.2, -0.15) is 0 Å². The molecule has 2 rings (SSSR count). The molecule has 2 heterocycles. The number of allylic oxidation sites excluding steroid dienone is 12. The summed E-state index contributed by atoms with van der Waals surface area (Å²) in [5.41, 5.74) is 0. The Morgan fingerprint density at radius 2 is 0.926 bits per heavy atom. The van der Waals surface area contributed by atoms with E-state index in [1.54, 1.807) is 0 Å². The molecule has 7 N–H and O–H groups in total. The molecule has 390 valence electrons. The number of rotatable bonds is 38. The van der Waals surface area contributed by atoms with Gasteiger partial charge < -0.3 is 64.2 Å². The van der Waals surface area contributed by atoms with Crippen molar-refractivity contribution in [3.8, 4) is 0 Å². The maximum atomic E-state index is 13.0. The molecule has 0 amide bonds. The van der Waals surface area contributed by atoms with Gasteiger partial charge in [0.25, 0.3) is 0 Å². The molecule has 15 heteroatoms. The minimum absolute atomic E-state index is 0.132. The quantitative estimate of drug-likeness (QED) is 0.0187. The first-order chi connectivity index (χ1) is 33.0. The molecule has 0 aromatic carbocycles. The molecule has 0 spiro atoms. The van der Waals surface area contributed by atoms with Gasteiger partial charge in [0.05, 0.1) is 19.8 Å². The van der Waals surface area contributed by atoms with Crippen LogP contribution < -0.4 is 0 Å². The summed E-state index contributed by atoms with van der Waals surface area (Å²) < 4.78 is 33.5. The Kier molecular flexibility index (Phi) is 35.6. The van der Waals surface area contributed by atoms with Crippen molar-refractivity contribution in [2.75, 3.05) is 26.4 Å². The van der Waals surface area contributed by atoms with E-state index >= 15 is 0 Å². The van der Waals surface area contributed by atoms with Crippen molar-refractivity contribution < 1.29 is 73.8 Å². The first-order valence-corrected chi connectivity index (χ1v) is 25.5. The fraction of sp³-hybridized carbons (Fsp3) is 0.736. The highest BCUT2D eigenvalue weighted by atomic mass is 16.7. The zero-order valence-corrected chi connectivity index (χ0v) is 41.1. The molecule has 0 aliphatic carbocycles. The number of unbranched alkanes of at least 4 members (excludes halogenated alkanes) is 12. The van der Waals surface area contributed by atoms with Crippen LogP contribution in [-0.4, -0.2) is 142 Å². The van der Waals surface area contributed by atoms with E-state index < -0.39 is 99.3 Å². The standard InChI is InChI=1S/C53H88O15/c1-3-5-7-9-11-13-15-17-19-20-22-24-26-28-30-32-34-36-45(56)66-41(38-63-44(55)35-33-31-29-27-25-23-21-18-16-14-12-10-8-6-4-2)39-64-52-51(62)49(60)47(58)43(68-52)40-65-53-50(61)48(59)46(57)42(37-54)67-53/h6,8,11-14,17-19,21-22,24,41-43,46-54,57-62H,3-5,7,9-10,15-16,20,23,25-40H2,1-2H3/b8-6+,13-11+,14-12+,19-17+,21-18+,24-22+/t41-,42+,43+,46-,47-,48?,49?,50?,51?,52+,53+/m1/s1. The first kappa shape index (κ1) is 61.1. The van der Waals surface area contributed by atoms with Gasteiger partial charge in [0, 0.05) is 12.8 Å². The highest BCUT2D eigenvalue weighted by Crippen LogP contribution is 2.26. The van der Waals surface area contributed by atoms with Crippen LogP contribution in [-0.2, 0) is 38.0 Å². The summed E-state index contributed by atoms with van der Waals surface area (Å²) >= 11 is 0. The normalized spacial score (nSPS) is 26.4. The summed E-state index contributed by atoms with van der Waals surface area (Å²) in [6.45, 7) is 2.39. The molecular weight excluding hydrogens is 877 g/mol. The number of carbonyl (C=O) groups excluding carboxylic acids is 2. The maximum absolute atomic E-state index is 13.0. The van der Waals surface area contributed by atoms with Gasteiger partial charge in [-0.1, -0.05) is 132 Å². The molecule has 15 nitrogen and oxygen atoms in total. The number of esters is 2. The lowest BCUT2D eigenvalue weighted by Crippen LogP contribution is -2.61. The van der Waals surface area contributed by atoms with Crippen LogP contribution in [0.1, 0.15) is 155 Å². The van der Waals surface area contributed by atoms with Gasteiger partial charge in [-0.25, -0.2) is 0 Å². The lowest BCUT2D eigenvalue weighted by molar-refractivity contribution is -0.332. The summed E-state index contributed by atoms with van der Waals surface area (Å²) in [4.78, 5) is 25.8. The van der Waals surface area contributed by atoms with Crippen molar-refractivity contribution in [2.45, 2.75) is 223 Å². The second-order valence-electron chi connectivity index (χ2n) is 17.6. The van der Waals surface area contributed by atoms with Gasteiger partial charge >= 0.3 is 11.9 Å². The lowest BCUT2D eigenvalue weighted by atomic mass is 9.98. The van der Waals surface area contributed by atoms with E-state index in [1.165, 1.54) is 19.3 Å². The molecule has 0 bridgehead atoms. The number of hydrogen-bond acceptors (Lipinski definition) is 15. The first-order valence-electron chi connectivity index (χ1n) is 25.5. The number of hydrogen-bond donors (Lipinski definition) is 7. The Morgan fingerprint density at radius 1 is 0.485 bits per heavy atom. The van der Waals surface area contributed by atoms with Crippen LogP contribution in [0, 0.1) is 0 Å². The Labute approximate surface area is 406 Å². The second kappa shape index (κ2) is 39.6. The zero-order chi connectivity index (χ0) is 49.6. The summed E-state index contributed by atoms with van der Waals surface area (Å²) in [5, 5.41) is 72.1. The Morgan fingerprint density at radius 3 is 1.46 bits per heavy atom. The molecule has 0 aromatic heterocycles. The Balaban J connectivity index is 1.84. The molecule has 0 aromatic rings. The van der Waals surface area contributed by atoms with E-state index in [2.05, 4.69) is 86.8 Å². The Bertz CT molecular complexity index is 1460. The average molecular weight is 965 g/mol. The molecule has 2 aliphatic heterocycles. The van der Waals surface area contributed by atoms with E-state index in [1.807, 2.05) is 0 Å². The minimum atomic E-state index is -1.78. The molecule has 0 radical (unpaired) electrons. The van der Waals surface area contributed by atoms with Crippen LogP contribution in [0.2, 0.25) is 0 Å². The van der Waals surface area contributed by atoms with Crippen LogP contribution in [0.3, 0.4) is 0 Å². The highest BCUT2D eigenvalue weighted by molar-refractivity contribution is 5.70. The molecular formula is C53H88O15. The van der Waals surface area contributed by atoms with Crippen molar-refractivity contribution in [3.63, 3.8) is 0 Å². The summed E-state index contributed by atoms with van der Waals surface area (Å²) in [7, 11) is 0. The number of aliphatic hydroxyl groups is 7. The number of ether oxygens (including phenoxy) is 6. The van der Waals surface area contributed by atoms with E-state index in [-0.39, 0.29) is 19.4 Å². The Hall–Kier alpha value is -3.06. The third-order valence-electron chi connectivity index (χ3n) is 11.7. The van der Waals surface area contributed by atoms with E-state index in [0.29, 0.717) is 12.8 Å². The van der Waals surface area contributed by atoms with Gasteiger partial charge in [-0.15, -0.1) is 0 Å². The molecule has 2 fully saturated rings. The van der Waals surface area contributed by atoms with Gasteiger partial charge in [0.2, 0.25) is 0 Å². The van der Waals surface area contributed by atoms with Crippen molar-refractivity contribution in [3.05, 3.63) is 72.9 Å². The van der Waals surface area contributed by atoms with Gasteiger partial charge in [-0.05, 0) is 83.5 Å². The minimum Gasteiger partial charge on any atom is -0.462 e. The van der Waals surface area contributed by atoms with Gasteiger partial charge in [0.15, 0.2) is 18.7 Å². The van der Waals surface area contributed by atoms with Gasteiger partial charge in [0.1, 0.15) is 55.4 Å². The predicted molar refractivity (Wildman–Crippen MR) is 261 cm³/mol. The zero-order valence-electron chi connectivity index (χ0n) is 41.1. The molecule has 0 saturated carbocycles. The topological polar surface area (TPSA) is 231 Å². The number of carbonyl (C=O) groups is 2. The largest absolute Gasteiger partial charge is 0.462 e. The van der Waals surface area contributed by atoms with Crippen LogP contribution in [0.5, 0.6) is 0 Å². The van der Waals surface area contributed by atoms with E-state index in [0.717, 1.165) is 96.3 Å². The molecule has 68 heavy (non-hydrogen) atoms. The third-order valence-corrected chi connectivity index (χ3v) is 11.7. The SMILES string of the molecule is CC/C=C/C/C=C/C/C=C/CCCCCCCC(=O)OC[C@H](CO[C@H]1O[C@@H](CO[C@H]2O[C@@H](CO)[C@@H](O)C(O)C2O)[C@@H](O)C(O)C1O)OC(=O)CCCCCC/C=C/C/C=C/C/C=C/CCCCC. The smallest absolute Gasteiger partial charge is 0.306 e. The highest BCUT2D eigenvalue weighted by Gasteiger charge is 2.47. The van der Waals surface area contributed by atoms with Crippen LogP contribution in [0.25, 0.3) is 0 Å². The molecule has 11 atom stereocenters. The molecule has 4 unspecified atom stereocenters. The predicted octanol–water partition coefficient (Wildman–Crippen LogP) is 7.04. The van der Waals surface area contributed by atoms with Crippen molar-refractivity contribution >= 4 is 11.9 Å². The monoisotopic (exact) mass is 965 g/mol.